The number of pyridine rings is 2. The highest BCUT2D eigenvalue weighted by atomic mass is 35.5. The van der Waals surface area contributed by atoms with Gasteiger partial charge in [0.15, 0.2) is 12.4 Å². The summed E-state index contributed by atoms with van der Waals surface area (Å²) in [6.45, 7) is 6.92. The molecule has 1 aromatic carbocycles. The maximum absolute atomic E-state index is 11.6. The molecule has 1 aliphatic rings. The van der Waals surface area contributed by atoms with Crippen LogP contribution in [0.2, 0.25) is 5.02 Å². The van der Waals surface area contributed by atoms with Crippen molar-refractivity contribution in [1.82, 2.24) is 24.6 Å². The zero-order valence-electron chi connectivity index (χ0n) is 21.4. The number of benzene rings is 1. The number of amides is 1. The van der Waals surface area contributed by atoms with E-state index in [1.165, 1.54) is 4.90 Å². The highest BCUT2D eigenvalue weighted by molar-refractivity contribution is 6.37. The summed E-state index contributed by atoms with van der Waals surface area (Å²) in [5.74, 6) is 0.655. The standard InChI is InChI=1S/C26H29ClN6O4/c1-14-10-32(11-15(2)33(14)26(34)35)21-9-28-25-18(22(21)27)6-7-20(29-25)19-8-17-12-31(4)30-23(17)16(3)24(19)37-13-36-5/h6-9,12,14-15H,10-11,13H2,1-5H3,(H,34,35)/t14-,15+. The predicted octanol–water partition coefficient (Wildman–Crippen LogP) is 4.71. The number of methoxy groups -OCH3 is 1. The van der Waals surface area contributed by atoms with Gasteiger partial charge < -0.3 is 19.5 Å². The highest BCUT2D eigenvalue weighted by Crippen LogP contribution is 2.39. The summed E-state index contributed by atoms with van der Waals surface area (Å²) in [5, 5.41) is 16.3. The van der Waals surface area contributed by atoms with Crippen LogP contribution in [0.4, 0.5) is 10.5 Å². The van der Waals surface area contributed by atoms with E-state index in [4.69, 9.17) is 26.1 Å². The Hall–Kier alpha value is -3.63. The van der Waals surface area contributed by atoms with E-state index in [1.807, 2.05) is 52.2 Å². The van der Waals surface area contributed by atoms with Gasteiger partial charge in [-0.2, -0.15) is 5.10 Å². The zero-order chi connectivity index (χ0) is 26.4. The van der Waals surface area contributed by atoms with Gasteiger partial charge in [0.1, 0.15) is 5.75 Å². The molecule has 0 aliphatic carbocycles. The van der Waals surface area contributed by atoms with Crippen molar-refractivity contribution >= 4 is 45.3 Å². The largest absolute Gasteiger partial charge is 0.466 e. The summed E-state index contributed by atoms with van der Waals surface area (Å²) in [6.07, 6.45) is 2.77. The van der Waals surface area contributed by atoms with E-state index in [9.17, 15) is 9.90 Å². The van der Waals surface area contributed by atoms with Crippen LogP contribution in [0.5, 0.6) is 5.75 Å². The first kappa shape index (κ1) is 25.0. The lowest BCUT2D eigenvalue weighted by Crippen LogP contribution is -2.58. The van der Waals surface area contributed by atoms with Gasteiger partial charge in [0.2, 0.25) is 0 Å². The molecule has 1 aliphatic heterocycles. The number of ether oxygens (including phenoxy) is 2. The number of carboxylic acid groups (broad SMARTS) is 1. The summed E-state index contributed by atoms with van der Waals surface area (Å²) in [5.41, 5.74) is 4.54. The lowest BCUT2D eigenvalue weighted by molar-refractivity contribution is 0.0511. The fourth-order valence-corrected chi connectivity index (χ4v) is 5.55. The number of hydrogen-bond acceptors (Lipinski definition) is 7. The molecule has 1 fully saturated rings. The molecule has 0 radical (unpaired) electrons. The van der Waals surface area contributed by atoms with Crippen LogP contribution in [0, 0.1) is 6.92 Å². The maximum Gasteiger partial charge on any atom is 0.407 e. The van der Waals surface area contributed by atoms with Crippen LogP contribution in [-0.4, -0.2) is 74.9 Å². The quantitative estimate of drug-likeness (QED) is 0.374. The molecule has 194 valence electrons. The van der Waals surface area contributed by atoms with Crippen molar-refractivity contribution < 1.29 is 19.4 Å². The highest BCUT2D eigenvalue weighted by Gasteiger charge is 2.34. The Morgan fingerprint density at radius 1 is 1.24 bits per heavy atom. The summed E-state index contributed by atoms with van der Waals surface area (Å²) < 4.78 is 12.9. The fraction of sp³-hybridized carbons (Fsp3) is 0.385. The number of carbonyl (C=O) groups is 1. The Balaban J connectivity index is 1.55. The second-order valence-electron chi connectivity index (χ2n) is 9.49. The van der Waals surface area contributed by atoms with E-state index in [-0.39, 0.29) is 18.9 Å². The van der Waals surface area contributed by atoms with Crippen LogP contribution >= 0.6 is 11.6 Å². The van der Waals surface area contributed by atoms with Crippen molar-refractivity contribution in [2.75, 3.05) is 31.9 Å². The molecule has 1 amide bonds. The number of hydrogen-bond donors (Lipinski definition) is 1. The second kappa shape index (κ2) is 9.68. The molecule has 1 saturated heterocycles. The molecule has 4 aromatic rings. The normalized spacial score (nSPS) is 18.1. The zero-order valence-corrected chi connectivity index (χ0v) is 22.2. The van der Waals surface area contributed by atoms with Crippen LogP contribution < -0.4 is 9.64 Å². The second-order valence-corrected chi connectivity index (χ2v) is 9.87. The third kappa shape index (κ3) is 4.40. The molecule has 11 heteroatoms. The molecule has 0 saturated carbocycles. The molecular formula is C26H29ClN6O4. The molecular weight excluding hydrogens is 496 g/mol. The van der Waals surface area contributed by atoms with Crippen molar-refractivity contribution in [3.63, 3.8) is 0 Å². The summed E-state index contributed by atoms with van der Waals surface area (Å²) in [7, 11) is 3.46. The molecule has 0 spiro atoms. The minimum Gasteiger partial charge on any atom is -0.466 e. The van der Waals surface area contributed by atoms with E-state index in [0.717, 1.165) is 33.1 Å². The third-order valence-corrected chi connectivity index (χ3v) is 7.22. The molecule has 3 aromatic heterocycles. The first-order valence-electron chi connectivity index (χ1n) is 12.0. The Bertz CT molecular complexity index is 1490. The molecule has 1 N–H and O–H groups in total. The van der Waals surface area contributed by atoms with Crippen LogP contribution in [0.3, 0.4) is 0 Å². The molecule has 37 heavy (non-hydrogen) atoms. The predicted molar refractivity (Wildman–Crippen MR) is 142 cm³/mol. The Morgan fingerprint density at radius 3 is 2.65 bits per heavy atom. The molecule has 5 rings (SSSR count). The molecule has 2 atom stereocenters. The van der Waals surface area contributed by atoms with Gasteiger partial charge in [-0.3, -0.25) is 9.58 Å². The van der Waals surface area contributed by atoms with Crippen LogP contribution in [-0.2, 0) is 11.8 Å². The lowest BCUT2D eigenvalue weighted by Gasteiger charge is -2.44. The van der Waals surface area contributed by atoms with Gasteiger partial charge in [0.25, 0.3) is 0 Å². The number of anilines is 1. The van der Waals surface area contributed by atoms with Gasteiger partial charge in [-0.05, 0) is 39.0 Å². The first-order valence-corrected chi connectivity index (χ1v) is 12.4. The smallest absolute Gasteiger partial charge is 0.407 e. The summed E-state index contributed by atoms with van der Waals surface area (Å²) in [6, 6.07) is 5.48. The average Bonchev–Trinajstić information content (AvgIpc) is 3.23. The number of halogens is 1. The van der Waals surface area contributed by atoms with E-state index >= 15 is 0 Å². The minimum absolute atomic E-state index is 0.0964. The summed E-state index contributed by atoms with van der Waals surface area (Å²) in [4.78, 5) is 24.7. The molecule has 0 unspecified atom stereocenters. The average molecular weight is 525 g/mol. The van der Waals surface area contributed by atoms with Crippen LogP contribution in [0.25, 0.3) is 33.2 Å². The third-order valence-electron chi connectivity index (χ3n) is 6.82. The number of aryl methyl sites for hydroxylation is 2. The number of nitrogens with zero attached hydrogens (tertiary/aromatic N) is 6. The van der Waals surface area contributed by atoms with Crippen LogP contribution in [0.15, 0.2) is 30.6 Å². The summed E-state index contributed by atoms with van der Waals surface area (Å²) >= 11 is 6.87. The van der Waals surface area contributed by atoms with Crippen molar-refractivity contribution in [3.8, 4) is 17.0 Å². The van der Waals surface area contributed by atoms with Gasteiger partial charge in [-0.15, -0.1) is 0 Å². The van der Waals surface area contributed by atoms with E-state index in [0.29, 0.717) is 35.2 Å². The maximum atomic E-state index is 11.6. The molecule has 10 nitrogen and oxygen atoms in total. The van der Waals surface area contributed by atoms with E-state index in [2.05, 4.69) is 15.0 Å². The monoisotopic (exact) mass is 524 g/mol. The SMILES string of the molecule is COCOc1c(-c2ccc3c(Cl)c(N4C[C@@H](C)N(C(=O)O)[C@@H](C)C4)cnc3n2)cc2cn(C)nc2c1C. The topological polar surface area (TPSA) is 106 Å². The molecule has 4 heterocycles. The van der Waals surface area contributed by atoms with Crippen molar-refractivity contribution in [2.24, 2.45) is 7.05 Å². The Morgan fingerprint density at radius 2 is 1.97 bits per heavy atom. The Labute approximate surface area is 219 Å². The van der Waals surface area contributed by atoms with E-state index < -0.39 is 6.09 Å². The van der Waals surface area contributed by atoms with Gasteiger partial charge in [-0.25, -0.2) is 14.8 Å². The van der Waals surface area contributed by atoms with E-state index in [1.54, 1.807) is 18.0 Å². The van der Waals surface area contributed by atoms with Crippen molar-refractivity contribution in [2.45, 2.75) is 32.9 Å². The van der Waals surface area contributed by atoms with Gasteiger partial charge in [0, 0.05) is 55.3 Å². The number of piperazine rings is 1. The lowest BCUT2D eigenvalue weighted by atomic mass is 10.0. The number of rotatable bonds is 5. The van der Waals surface area contributed by atoms with Crippen molar-refractivity contribution in [1.29, 1.82) is 0 Å². The van der Waals surface area contributed by atoms with Gasteiger partial charge in [-0.1, -0.05) is 11.6 Å². The first-order chi connectivity index (χ1) is 17.7. The number of aromatic nitrogens is 4. The fourth-order valence-electron chi connectivity index (χ4n) is 5.23. The Kier molecular flexibility index (Phi) is 6.55. The van der Waals surface area contributed by atoms with Gasteiger partial charge in [0.05, 0.1) is 40.2 Å². The van der Waals surface area contributed by atoms with Crippen molar-refractivity contribution in [3.05, 3.63) is 41.2 Å². The van der Waals surface area contributed by atoms with Crippen LogP contribution in [0.1, 0.15) is 19.4 Å². The minimum atomic E-state index is -0.910. The number of fused-ring (bicyclic) bond motifs is 2. The molecule has 0 bridgehead atoms. The van der Waals surface area contributed by atoms with Gasteiger partial charge >= 0.3 is 6.09 Å².